The first kappa shape index (κ1) is 33.1. The van der Waals surface area contributed by atoms with Gasteiger partial charge in [-0.05, 0) is 68.9 Å². The zero-order valence-electron chi connectivity index (χ0n) is 26.7. The number of carbonyl (C=O) groups is 3. The van der Waals surface area contributed by atoms with Crippen molar-refractivity contribution in [1.29, 1.82) is 0 Å². The minimum atomic E-state index is -1.59. The number of para-hydroxylation sites is 1. The average molecular weight is 630 g/mol. The van der Waals surface area contributed by atoms with Crippen LogP contribution in [0.25, 0.3) is 0 Å². The minimum absolute atomic E-state index is 0.0179. The maximum atomic E-state index is 13.8. The highest BCUT2D eigenvalue weighted by Gasteiger charge is 2.49. The summed E-state index contributed by atoms with van der Waals surface area (Å²) in [7, 11) is 0. The molecule has 5 rings (SSSR count). The normalized spacial score (nSPS) is 21.4. The molecule has 2 aliphatic rings. The predicted molar refractivity (Wildman–Crippen MR) is 172 cm³/mol. The van der Waals surface area contributed by atoms with E-state index in [4.69, 9.17) is 9.47 Å². The van der Waals surface area contributed by atoms with Gasteiger partial charge >= 0.3 is 0 Å². The third kappa shape index (κ3) is 7.25. The molecule has 10 heteroatoms. The van der Waals surface area contributed by atoms with E-state index in [9.17, 15) is 24.6 Å². The largest absolute Gasteiger partial charge is 0.490 e. The summed E-state index contributed by atoms with van der Waals surface area (Å²) >= 11 is 0. The fraction of sp³-hybridized carbons (Fsp3) is 0.417. The Morgan fingerprint density at radius 3 is 2.37 bits per heavy atom. The maximum absolute atomic E-state index is 13.8. The first-order valence-electron chi connectivity index (χ1n) is 15.7. The van der Waals surface area contributed by atoms with E-state index in [0.717, 1.165) is 22.3 Å². The fourth-order valence-electron chi connectivity index (χ4n) is 6.35. The minimum Gasteiger partial charge on any atom is -0.490 e. The van der Waals surface area contributed by atoms with Gasteiger partial charge in [0.1, 0.15) is 37.3 Å². The van der Waals surface area contributed by atoms with E-state index >= 15 is 0 Å². The van der Waals surface area contributed by atoms with Crippen molar-refractivity contribution < 1.29 is 34.1 Å². The molecule has 0 radical (unpaired) electrons. The number of benzene rings is 3. The topological polar surface area (TPSA) is 137 Å². The first-order valence-corrected chi connectivity index (χ1v) is 15.7. The van der Waals surface area contributed by atoms with Crippen molar-refractivity contribution in [2.75, 3.05) is 13.3 Å². The Kier molecular flexibility index (Phi) is 10.1. The second kappa shape index (κ2) is 14.0. The molecule has 10 nitrogen and oxygen atoms in total. The number of fused-ring (bicyclic) bond motifs is 1. The molecule has 4 N–H and O–H groups in total. The lowest BCUT2D eigenvalue weighted by atomic mass is 9.90. The molecule has 3 aromatic carbocycles. The van der Waals surface area contributed by atoms with Crippen LogP contribution in [-0.2, 0) is 32.1 Å². The zero-order valence-corrected chi connectivity index (χ0v) is 26.7. The zero-order chi connectivity index (χ0) is 33.0. The van der Waals surface area contributed by atoms with Gasteiger partial charge in [-0.2, -0.15) is 0 Å². The van der Waals surface area contributed by atoms with Crippen molar-refractivity contribution in [3.05, 3.63) is 101 Å². The van der Waals surface area contributed by atoms with E-state index in [2.05, 4.69) is 10.6 Å². The summed E-state index contributed by atoms with van der Waals surface area (Å²) in [6.07, 6.45) is -2.51. The Labute approximate surface area is 269 Å². The number of aliphatic hydroxyl groups excluding tert-OH is 2. The van der Waals surface area contributed by atoms with Crippen molar-refractivity contribution in [2.45, 2.75) is 77.0 Å². The van der Waals surface area contributed by atoms with Crippen LogP contribution in [0.15, 0.2) is 72.8 Å². The van der Waals surface area contributed by atoms with Crippen LogP contribution >= 0.6 is 0 Å². The van der Waals surface area contributed by atoms with Crippen molar-refractivity contribution in [2.24, 2.45) is 5.92 Å². The van der Waals surface area contributed by atoms with E-state index in [1.165, 1.54) is 4.90 Å². The van der Waals surface area contributed by atoms with Crippen LogP contribution in [0.1, 0.15) is 54.1 Å². The third-order valence-corrected chi connectivity index (χ3v) is 9.00. The van der Waals surface area contributed by atoms with E-state index < -0.39 is 53.5 Å². The van der Waals surface area contributed by atoms with Gasteiger partial charge in [0.25, 0.3) is 5.91 Å². The molecule has 2 heterocycles. The highest BCUT2D eigenvalue weighted by Crippen LogP contribution is 2.33. The van der Waals surface area contributed by atoms with Gasteiger partial charge in [-0.25, -0.2) is 0 Å². The van der Waals surface area contributed by atoms with Gasteiger partial charge in [0.15, 0.2) is 0 Å². The summed E-state index contributed by atoms with van der Waals surface area (Å²) in [5, 5.41) is 27.9. The number of carbonyl (C=O) groups excluding carboxylic acids is 3. The molecule has 1 fully saturated rings. The number of rotatable bonds is 10. The summed E-state index contributed by atoms with van der Waals surface area (Å²) in [5.41, 5.74) is 3.58. The van der Waals surface area contributed by atoms with Crippen molar-refractivity contribution in [1.82, 2.24) is 15.5 Å². The highest BCUT2D eigenvalue weighted by molar-refractivity contribution is 5.91. The van der Waals surface area contributed by atoms with Gasteiger partial charge < -0.3 is 35.2 Å². The summed E-state index contributed by atoms with van der Waals surface area (Å²) in [4.78, 5) is 42.4. The molecule has 0 saturated carbocycles. The quantitative estimate of drug-likeness (QED) is 0.271. The van der Waals surface area contributed by atoms with E-state index in [-0.39, 0.29) is 32.7 Å². The highest BCUT2D eigenvalue weighted by atomic mass is 16.5. The predicted octanol–water partition coefficient (Wildman–Crippen LogP) is 3.10. The number of aliphatic hydroxyl groups is 2. The Balaban J connectivity index is 1.32. The lowest BCUT2D eigenvalue weighted by Gasteiger charge is -2.33. The van der Waals surface area contributed by atoms with E-state index in [1.807, 2.05) is 68.4 Å². The Morgan fingerprint density at radius 1 is 0.978 bits per heavy atom. The van der Waals surface area contributed by atoms with Crippen LogP contribution in [-0.4, -0.2) is 70.0 Å². The molecule has 1 saturated heterocycles. The standard InChI is InChI=1S/C36H43N3O7/c1-22-11-10-12-23(2)27(22)19-37-34(43)32-36(3,4)46-21-39(32)35(44)28(40)18-25(17-24-13-6-5-7-14-24)33(42)38-31-26-15-8-9-16-30(26)45-20-29(31)41/h5-16,25,28-29,31-32,40-41H,17-21H2,1-4H3,(H,37,43)(H,38,42)/t25-,28+,29-,31+,32+/m1/s1. The number of nitrogens with zero attached hydrogens (tertiary/aromatic N) is 1. The van der Waals surface area contributed by atoms with Gasteiger partial charge in [0.05, 0.1) is 11.6 Å². The number of hydrogen-bond donors (Lipinski definition) is 4. The second-order valence-electron chi connectivity index (χ2n) is 12.7. The summed E-state index contributed by atoms with van der Waals surface area (Å²) < 4.78 is 11.5. The van der Waals surface area contributed by atoms with E-state index in [0.29, 0.717) is 11.3 Å². The summed E-state index contributed by atoms with van der Waals surface area (Å²) in [6, 6.07) is 20.7. The Bertz CT molecular complexity index is 1540. The number of amides is 3. The molecule has 5 atom stereocenters. The average Bonchev–Trinajstić information content (AvgIpc) is 3.36. The van der Waals surface area contributed by atoms with Crippen LogP contribution in [0.3, 0.4) is 0 Å². The van der Waals surface area contributed by atoms with Gasteiger partial charge in [-0.15, -0.1) is 0 Å². The molecule has 0 aliphatic carbocycles. The van der Waals surface area contributed by atoms with Crippen LogP contribution in [0.5, 0.6) is 5.75 Å². The smallest absolute Gasteiger partial charge is 0.254 e. The van der Waals surface area contributed by atoms with Gasteiger partial charge in [-0.1, -0.05) is 66.7 Å². The van der Waals surface area contributed by atoms with Crippen LogP contribution in [0.4, 0.5) is 0 Å². The Morgan fingerprint density at radius 2 is 1.65 bits per heavy atom. The summed E-state index contributed by atoms with van der Waals surface area (Å²) in [6.45, 7) is 7.56. The van der Waals surface area contributed by atoms with Crippen LogP contribution in [0, 0.1) is 19.8 Å². The fourth-order valence-corrected chi connectivity index (χ4v) is 6.35. The van der Waals surface area contributed by atoms with Crippen LogP contribution in [0.2, 0.25) is 0 Å². The monoisotopic (exact) mass is 629 g/mol. The van der Waals surface area contributed by atoms with Crippen molar-refractivity contribution in [3.8, 4) is 5.75 Å². The Hall–Kier alpha value is -4.25. The molecule has 3 amide bonds. The number of ether oxygens (including phenoxy) is 2. The molecule has 0 unspecified atom stereocenters. The molecule has 2 aliphatic heterocycles. The van der Waals surface area contributed by atoms with Gasteiger partial charge in [0.2, 0.25) is 11.8 Å². The van der Waals surface area contributed by atoms with Crippen molar-refractivity contribution >= 4 is 17.7 Å². The molecule has 0 bridgehead atoms. The van der Waals surface area contributed by atoms with Crippen LogP contribution < -0.4 is 15.4 Å². The van der Waals surface area contributed by atoms with Gasteiger partial charge in [0, 0.05) is 18.0 Å². The summed E-state index contributed by atoms with van der Waals surface area (Å²) in [5.74, 6) is -1.75. The molecule has 46 heavy (non-hydrogen) atoms. The number of aryl methyl sites for hydroxylation is 2. The SMILES string of the molecule is Cc1cccc(C)c1CNC(=O)[C@@H]1N(C(=O)[C@@H](O)C[C@@H](Cc2ccccc2)C(=O)N[C@H]2c3ccccc3OC[C@H]2O)COC1(C)C. The second-order valence-corrected chi connectivity index (χ2v) is 12.7. The number of hydrogen-bond acceptors (Lipinski definition) is 7. The first-order chi connectivity index (χ1) is 22.0. The lowest BCUT2D eigenvalue weighted by molar-refractivity contribution is -0.147. The molecule has 244 valence electrons. The maximum Gasteiger partial charge on any atom is 0.254 e. The molecule has 3 aromatic rings. The molecule has 0 aromatic heterocycles. The molecular formula is C36H43N3O7. The van der Waals surface area contributed by atoms with Crippen molar-refractivity contribution in [3.63, 3.8) is 0 Å². The van der Waals surface area contributed by atoms with E-state index in [1.54, 1.807) is 32.0 Å². The lowest BCUT2D eigenvalue weighted by Crippen LogP contribution is -2.55. The number of nitrogens with one attached hydrogen (secondary N) is 2. The third-order valence-electron chi connectivity index (χ3n) is 9.00. The molecular weight excluding hydrogens is 586 g/mol. The van der Waals surface area contributed by atoms with Gasteiger partial charge in [-0.3, -0.25) is 14.4 Å². The molecule has 0 spiro atoms.